The molecule has 0 aliphatic rings. The summed E-state index contributed by atoms with van der Waals surface area (Å²) in [6, 6.07) is 8.81. The van der Waals surface area contributed by atoms with Crippen molar-refractivity contribution in [2.45, 2.75) is 0 Å². The first-order chi connectivity index (χ1) is 11.0. The molecule has 1 aromatic heterocycles. The molecule has 23 heavy (non-hydrogen) atoms. The largest absolute Gasteiger partial charge is 0.492 e. The second-order valence-electron chi connectivity index (χ2n) is 5.17. The standard InChI is InChI=1S/C17H18ClNO3S/c1-19(2)7-8-22-15-6-5-13(18)10-12(15)11-14(17(20)21)16-4-3-9-23-16/h3-6,9-11H,7-8H2,1-2H3,(H,20,21)/b14-11-. The van der Waals surface area contributed by atoms with E-state index in [-0.39, 0.29) is 5.57 Å². The highest BCUT2D eigenvalue weighted by Crippen LogP contribution is 2.29. The number of hydrogen-bond acceptors (Lipinski definition) is 4. The number of carboxylic acids is 1. The number of hydrogen-bond donors (Lipinski definition) is 1. The number of nitrogens with zero attached hydrogens (tertiary/aromatic N) is 1. The lowest BCUT2D eigenvalue weighted by molar-refractivity contribution is -0.130. The van der Waals surface area contributed by atoms with Gasteiger partial charge in [-0.25, -0.2) is 4.79 Å². The summed E-state index contributed by atoms with van der Waals surface area (Å²) in [7, 11) is 3.93. The molecule has 0 spiro atoms. The van der Waals surface area contributed by atoms with Gasteiger partial charge in [0.25, 0.3) is 0 Å². The monoisotopic (exact) mass is 351 g/mol. The van der Waals surface area contributed by atoms with E-state index in [4.69, 9.17) is 16.3 Å². The van der Waals surface area contributed by atoms with Gasteiger partial charge in [0.05, 0.1) is 5.57 Å². The smallest absolute Gasteiger partial charge is 0.337 e. The number of carbonyl (C=O) groups is 1. The van der Waals surface area contributed by atoms with E-state index in [9.17, 15) is 9.90 Å². The Morgan fingerprint density at radius 3 is 2.78 bits per heavy atom. The van der Waals surface area contributed by atoms with Gasteiger partial charge in [-0.05, 0) is 49.8 Å². The average molecular weight is 352 g/mol. The molecule has 0 atom stereocenters. The van der Waals surface area contributed by atoms with E-state index in [0.29, 0.717) is 27.8 Å². The molecule has 122 valence electrons. The minimum absolute atomic E-state index is 0.222. The van der Waals surface area contributed by atoms with E-state index in [1.54, 1.807) is 30.3 Å². The Balaban J connectivity index is 2.34. The Morgan fingerprint density at radius 2 is 2.17 bits per heavy atom. The van der Waals surface area contributed by atoms with Crippen molar-refractivity contribution in [1.29, 1.82) is 0 Å². The lowest BCUT2D eigenvalue weighted by Crippen LogP contribution is -2.19. The first kappa shape index (κ1) is 17.5. The van der Waals surface area contributed by atoms with Crippen LogP contribution in [0.2, 0.25) is 5.02 Å². The van der Waals surface area contributed by atoms with E-state index in [0.717, 1.165) is 6.54 Å². The third kappa shape index (κ3) is 5.10. The van der Waals surface area contributed by atoms with Gasteiger partial charge in [-0.2, -0.15) is 0 Å². The second-order valence-corrected chi connectivity index (χ2v) is 6.56. The summed E-state index contributed by atoms with van der Waals surface area (Å²) in [6.45, 7) is 1.28. The molecule has 0 amide bonds. The number of thiophene rings is 1. The predicted octanol–water partition coefficient (Wildman–Crippen LogP) is 3.97. The van der Waals surface area contributed by atoms with Gasteiger partial charge in [-0.15, -0.1) is 11.3 Å². The fourth-order valence-corrected chi connectivity index (χ4v) is 2.84. The molecule has 4 nitrogen and oxygen atoms in total. The first-order valence-corrected chi connectivity index (χ1v) is 8.29. The molecule has 0 saturated heterocycles. The Hall–Kier alpha value is -1.82. The van der Waals surface area contributed by atoms with Crippen LogP contribution in [0.1, 0.15) is 10.4 Å². The zero-order chi connectivity index (χ0) is 16.8. The van der Waals surface area contributed by atoms with Crippen molar-refractivity contribution in [2.75, 3.05) is 27.2 Å². The molecule has 0 aliphatic carbocycles. The summed E-state index contributed by atoms with van der Waals surface area (Å²) >= 11 is 7.43. The number of likely N-dealkylation sites (N-methyl/N-ethyl adjacent to an activating group) is 1. The molecule has 2 aromatic rings. The molecule has 0 aliphatic heterocycles. The Labute approximate surface area is 144 Å². The number of rotatable bonds is 7. The fraction of sp³-hybridized carbons (Fsp3) is 0.235. The van der Waals surface area contributed by atoms with Crippen molar-refractivity contribution in [2.24, 2.45) is 0 Å². The van der Waals surface area contributed by atoms with Gasteiger partial charge in [-0.3, -0.25) is 0 Å². The maximum absolute atomic E-state index is 11.6. The van der Waals surface area contributed by atoms with Gasteiger partial charge >= 0.3 is 5.97 Å². The van der Waals surface area contributed by atoms with Crippen LogP contribution in [0.3, 0.4) is 0 Å². The molecule has 1 aromatic carbocycles. The maximum Gasteiger partial charge on any atom is 0.337 e. The van der Waals surface area contributed by atoms with E-state index < -0.39 is 5.97 Å². The summed E-state index contributed by atoms with van der Waals surface area (Å²) < 4.78 is 5.77. The fourth-order valence-electron chi connectivity index (χ4n) is 1.93. The topological polar surface area (TPSA) is 49.8 Å². The van der Waals surface area contributed by atoms with Crippen molar-refractivity contribution in [3.05, 3.63) is 51.2 Å². The Kier molecular flexibility index (Phi) is 6.21. The second kappa shape index (κ2) is 8.15. The van der Waals surface area contributed by atoms with Crippen LogP contribution in [-0.2, 0) is 4.79 Å². The minimum atomic E-state index is -0.980. The van der Waals surface area contributed by atoms with Crippen molar-refractivity contribution in [3.63, 3.8) is 0 Å². The van der Waals surface area contributed by atoms with Crippen LogP contribution in [0, 0.1) is 0 Å². The van der Waals surface area contributed by atoms with Crippen molar-refractivity contribution < 1.29 is 14.6 Å². The van der Waals surface area contributed by atoms with Crippen molar-refractivity contribution >= 4 is 40.6 Å². The quantitative estimate of drug-likeness (QED) is 0.767. The van der Waals surface area contributed by atoms with Gasteiger partial charge in [0, 0.05) is 22.0 Å². The predicted molar refractivity (Wildman–Crippen MR) is 95.3 cm³/mol. The zero-order valence-corrected chi connectivity index (χ0v) is 14.5. The van der Waals surface area contributed by atoms with Gasteiger partial charge in [0.2, 0.25) is 0 Å². The number of ether oxygens (including phenoxy) is 1. The molecule has 0 radical (unpaired) electrons. The van der Waals surface area contributed by atoms with Crippen LogP contribution in [0.4, 0.5) is 0 Å². The molecule has 1 N–H and O–H groups in total. The van der Waals surface area contributed by atoms with E-state index in [1.165, 1.54) is 11.3 Å². The molecule has 2 rings (SSSR count). The van der Waals surface area contributed by atoms with E-state index in [2.05, 4.69) is 0 Å². The molecule has 6 heteroatoms. The molecule has 0 bridgehead atoms. The minimum Gasteiger partial charge on any atom is -0.492 e. The highest BCUT2D eigenvalue weighted by molar-refractivity contribution is 7.11. The third-order valence-corrected chi connectivity index (χ3v) is 4.22. The molecule has 0 fully saturated rings. The van der Waals surface area contributed by atoms with E-state index in [1.807, 2.05) is 30.4 Å². The molecular weight excluding hydrogens is 334 g/mol. The summed E-state index contributed by atoms with van der Waals surface area (Å²) in [5, 5.41) is 11.9. The van der Waals surface area contributed by atoms with Crippen LogP contribution >= 0.6 is 22.9 Å². The number of benzene rings is 1. The van der Waals surface area contributed by atoms with Gasteiger partial charge in [0.1, 0.15) is 12.4 Å². The summed E-state index contributed by atoms with van der Waals surface area (Å²) in [5.41, 5.74) is 0.877. The summed E-state index contributed by atoms with van der Waals surface area (Å²) in [4.78, 5) is 14.3. The first-order valence-electron chi connectivity index (χ1n) is 7.03. The summed E-state index contributed by atoms with van der Waals surface area (Å²) in [6.07, 6.45) is 1.60. The molecular formula is C17H18ClNO3S. The van der Waals surface area contributed by atoms with Crippen LogP contribution in [0.5, 0.6) is 5.75 Å². The maximum atomic E-state index is 11.6. The van der Waals surface area contributed by atoms with Crippen LogP contribution in [-0.4, -0.2) is 43.2 Å². The molecule has 1 heterocycles. The lowest BCUT2D eigenvalue weighted by Gasteiger charge is -2.13. The Bertz CT molecular complexity index is 696. The number of aliphatic carboxylic acids is 1. The highest BCUT2D eigenvalue weighted by Gasteiger charge is 2.13. The van der Waals surface area contributed by atoms with Crippen LogP contribution in [0.15, 0.2) is 35.7 Å². The van der Waals surface area contributed by atoms with Crippen molar-refractivity contribution in [3.8, 4) is 5.75 Å². The average Bonchev–Trinajstić information content (AvgIpc) is 3.00. The van der Waals surface area contributed by atoms with Gasteiger partial charge in [-0.1, -0.05) is 17.7 Å². The SMILES string of the molecule is CN(C)CCOc1ccc(Cl)cc1/C=C(\C(=O)O)c1cccs1. The van der Waals surface area contributed by atoms with Crippen LogP contribution in [0.25, 0.3) is 11.6 Å². The number of halogens is 1. The zero-order valence-electron chi connectivity index (χ0n) is 13.0. The normalized spacial score (nSPS) is 11.7. The highest BCUT2D eigenvalue weighted by atomic mass is 35.5. The third-order valence-electron chi connectivity index (χ3n) is 3.08. The molecule has 0 unspecified atom stereocenters. The van der Waals surface area contributed by atoms with Gasteiger partial charge in [0.15, 0.2) is 0 Å². The van der Waals surface area contributed by atoms with Gasteiger partial charge < -0.3 is 14.7 Å². The Morgan fingerprint density at radius 1 is 1.39 bits per heavy atom. The summed E-state index contributed by atoms with van der Waals surface area (Å²) in [5.74, 6) is -0.363. The number of carboxylic acid groups (broad SMARTS) is 1. The van der Waals surface area contributed by atoms with Crippen molar-refractivity contribution in [1.82, 2.24) is 4.90 Å². The molecule has 0 saturated carbocycles. The van der Waals surface area contributed by atoms with E-state index >= 15 is 0 Å². The van der Waals surface area contributed by atoms with Crippen LogP contribution < -0.4 is 4.74 Å². The lowest BCUT2D eigenvalue weighted by atomic mass is 10.1.